The second kappa shape index (κ2) is 6.56. The number of carbonyl (C=O) groups excluding carboxylic acids is 1. The van der Waals surface area contributed by atoms with Crippen molar-refractivity contribution in [2.24, 2.45) is 0 Å². The molecule has 0 saturated heterocycles. The van der Waals surface area contributed by atoms with Gasteiger partial charge < -0.3 is 19.5 Å². The van der Waals surface area contributed by atoms with Gasteiger partial charge in [-0.25, -0.2) is 0 Å². The predicted molar refractivity (Wildman–Crippen MR) is 87.8 cm³/mol. The van der Waals surface area contributed by atoms with E-state index in [1.807, 2.05) is 30.3 Å². The van der Waals surface area contributed by atoms with Crippen LogP contribution in [0.25, 0.3) is 0 Å². The molecule has 1 N–H and O–H groups in total. The number of benzene rings is 1. The van der Waals surface area contributed by atoms with Crippen molar-refractivity contribution in [2.45, 2.75) is 12.6 Å². The lowest BCUT2D eigenvalue weighted by molar-refractivity contribution is -0.127. The SMILES string of the molecule is CNC(=O)[C@H]1CN(CCn2ccccc2=O)c2ccccc2O1. The first-order valence-corrected chi connectivity index (χ1v) is 7.57. The molecule has 0 bridgehead atoms. The second-order valence-corrected chi connectivity index (χ2v) is 5.37. The smallest absolute Gasteiger partial charge is 0.262 e. The molecule has 1 aromatic carbocycles. The van der Waals surface area contributed by atoms with Gasteiger partial charge in [0.15, 0.2) is 6.10 Å². The molecule has 0 saturated carbocycles. The summed E-state index contributed by atoms with van der Waals surface area (Å²) in [6.07, 6.45) is 1.22. The number of ether oxygens (including phenoxy) is 1. The van der Waals surface area contributed by atoms with Crippen molar-refractivity contribution in [3.63, 3.8) is 0 Å². The van der Waals surface area contributed by atoms with Crippen LogP contribution in [0, 0.1) is 0 Å². The molecule has 1 atom stereocenters. The van der Waals surface area contributed by atoms with E-state index < -0.39 is 6.10 Å². The highest BCUT2D eigenvalue weighted by atomic mass is 16.5. The van der Waals surface area contributed by atoms with Crippen LogP contribution < -0.4 is 20.5 Å². The van der Waals surface area contributed by atoms with Crippen molar-refractivity contribution >= 4 is 11.6 Å². The standard InChI is InChI=1S/C17H19N3O3/c1-18-17(22)15-12-20(13-6-2-3-7-14(13)23-15)11-10-19-9-5-4-8-16(19)21/h2-9,15H,10-12H2,1H3,(H,18,22)/t15-/m1/s1. The maximum Gasteiger partial charge on any atom is 0.262 e. The van der Waals surface area contributed by atoms with E-state index in [1.54, 1.807) is 29.9 Å². The van der Waals surface area contributed by atoms with Gasteiger partial charge in [0.1, 0.15) is 5.75 Å². The molecule has 0 spiro atoms. The summed E-state index contributed by atoms with van der Waals surface area (Å²) in [5.74, 6) is 0.536. The minimum absolute atomic E-state index is 0.0307. The van der Waals surface area contributed by atoms with Gasteiger partial charge in [0, 0.05) is 32.4 Å². The molecule has 3 rings (SSSR count). The van der Waals surface area contributed by atoms with Crippen LogP contribution >= 0.6 is 0 Å². The third-order valence-corrected chi connectivity index (χ3v) is 3.91. The minimum atomic E-state index is -0.553. The Balaban J connectivity index is 1.81. The molecule has 120 valence electrons. The number of fused-ring (bicyclic) bond motifs is 1. The first kappa shape index (κ1) is 15.1. The van der Waals surface area contributed by atoms with E-state index in [0.29, 0.717) is 25.4 Å². The Morgan fingerprint density at radius 1 is 1.22 bits per heavy atom. The molecule has 0 fully saturated rings. The van der Waals surface area contributed by atoms with Crippen LogP contribution in [0.5, 0.6) is 5.75 Å². The third kappa shape index (κ3) is 3.21. The van der Waals surface area contributed by atoms with Crippen molar-refractivity contribution in [1.82, 2.24) is 9.88 Å². The molecule has 1 aliphatic rings. The van der Waals surface area contributed by atoms with E-state index in [-0.39, 0.29) is 11.5 Å². The molecule has 23 heavy (non-hydrogen) atoms. The van der Waals surface area contributed by atoms with E-state index in [4.69, 9.17) is 4.74 Å². The molecule has 2 heterocycles. The summed E-state index contributed by atoms with van der Waals surface area (Å²) in [6.45, 7) is 1.63. The number of anilines is 1. The number of likely N-dealkylation sites (N-methyl/N-ethyl adjacent to an activating group) is 1. The molecule has 2 aromatic rings. The number of amides is 1. The molecular weight excluding hydrogens is 294 g/mol. The molecule has 6 heteroatoms. The predicted octanol–water partition coefficient (Wildman–Crippen LogP) is 0.862. The quantitative estimate of drug-likeness (QED) is 0.909. The number of carbonyl (C=O) groups is 1. The summed E-state index contributed by atoms with van der Waals surface area (Å²) in [7, 11) is 1.60. The highest BCUT2D eigenvalue weighted by Gasteiger charge is 2.29. The number of hydrogen-bond acceptors (Lipinski definition) is 4. The van der Waals surface area contributed by atoms with Gasteiger partial charge in [-0.2, -0.15) is 0 Å². The fourth-order valence-corrected chi connectivity index (χ4v) is 2.69. The third-order valence-electron chi connectivity index (χ3n) is 3.91. The van der Waals surface area contributed by atoms with Crippen molar-refractivity contribution in [1.29, 1.82) is 0 Å². The maximum atomic E-state index is 11.9. The molecule has 6 nitrogen and oxygen atoms in total. The first-order valence-electron chi connectivity index (χ1n) is 7.57. The van der Waals surface area contributed by atoms with E-state index in [1.165, 1.54) is 0 Å². The highest BCUT2D eigenvalue weighted by Crippen LogP contribution is 2.32. The molecule has 0 radical (unpaired) electrons. The van der Waals surface area contributed by atoms with Crippen molar-refractivity contribution in [3.8, 4) is 5.75 Å². The summed E-state index contributed by atoms with van der Waals surface area (Å²) in [5, 5.41) is 2.62. The number of hydrogen-bond donors (Lipinski definition) is 1. The average Bonchev–Trinajstić information content (AvgIpc) is 2.59. The number of aromatic nitrogens is 1. The fourth-order valence-electron chi connectivity index (χ4n) is 2.69. The zero-order chi connectivity index (χ0) is 16.2. The molecule has 0 unspecified atom stereocenters. The Kier molecular flexibility index (Phi) is 4.32. The van der Waals surface area contributed by atoms with Crippen LogP contribution in [0.4, 0.5) is 5.69 Å². The van der Waals surface area contributed by atoms with E-state index >= 15 is 0 Å². The Morgan fingerprint density at radius 2 is 2.00 bits per heavy atom. The lowest BCUT2D eigenvalue weighted by atomic mass is 10.1. The molecule has 1 aromatic heterocycles. The number of pyridine rings is 1. The lowest BCUT2D eigenvalue weighted by Crippen LogP contribution is -2.49. The topological polar surface area (TPSA) is 63.6 Å². The van der Waals surface area contributed by atoms with Gasteiger partial charge in [-0.05, 0) is 18.2 Å². The largest absolute Gasteiger partial charge is 0.477 e. The van der Waals surface area contributed by atoms with Crippen LogP contribution in [0.2, 0.25) is 0 Å². The maximum absolute atomic E-state index is 11.9. The summed E-state index contributed by atoms with van der Waals surface area (Å²) in [6, 6.07) is 12.7. The molecule has 0 aliphatic carbocycles. The zero-order valence-corrected chi connectivity index (χ0v) is 12.9. The van der Waals surface area contributed by atoms with Crippen LogP contribution in [0.15, 0.2) is 53.5 Å². The Morgan fingerprint density at radius 3 is 2.78 bits per heavy atom. The number of nitrogens with zero attached hydrogens (tertiary/aromatic N) is 2. The van der Waals surface area contributed by atoms with Crippen molar-refractivity contribution in [3.05, 3.63) is 59.0 Å². The summed E-state index contributed by atoms with van der Waals surface area (Å²) in [4.78, 5) is 25.8. The van der Waals surface area contributed by atoms with E-state index in [2.05, 4.69) is 10.2 Å². The molecular formula is C17H19N3O3. The normalized spacial score (nSPS) is 16.4. The summed E-state index contributed by atoms with van der Waals surface area (Å²) < 4.78 is 7.43. The van der Waals surface area contributed by atoms with Gasteiger partial charge in [-0.3, -0.25) is 9.59 Å². The van der Waals surface area contributed by atoms with Gasteiger partial charge >= 0.3 is 0 Å². The van der Waals surface area contributed by atoms with Crippen LogP contribution in [-0.2, 0) is 11.3 Å². The molecule has 1 amide bonds. The van der Waals surface area contributed by atoms with Crippen LogP contribution in [0.3, 0.4) is 0 Å². The average molecular weight is 313 g/mol. The van der Waals surface area contributed by atoms with Gasteiger partial charge in [0.05, 0.1) is 12.2 Å². The van der Waals surface area contributed by atoms with Gasteiger partial charge in [-0.15, -0.1) is 0 Å². The minimum Gasteiger partial charge on any atom is -0.477 e. The summed E-state index contributed by atoms with van der Waals surface area (Å²) >= 11 is 0. The highest BCUT2D eigenvalue weighted by molar-refractivity contribution is 5.83. The monoisotopic (exact) mass is 313 g/mol. The zero-order valence-electron chi connectivity index (χ0n) is 12.9. The van der Waals surface area contributed by atoms with Crippen molar-refractivity contribution < 1.29 is 9.53 Å². The number of para-hydroxylation sites is 2. The van der Waals surface area contributed by atoms with Crippen LogP contribution in [0.1, 0.15) is 0 Å². The lowest BCUT2D eigenvalue weighted by Gasteiger charge is -2.35. The van der Waals surface area contributed by atoms with E-state index in [0.717, 1.165) is 5.69 Å². The number of nitrogens with one attached hydrogen (secondary N) is 1. The Bertz CT molecular complexity index is 756. The van der Waals surface area contributed by atoms with E-state index in [9.17, 15) is 9.59 Å². The Labute approximate surface area is 134 Å². The van der Waals surface area contributed by atoms with Crippen molar-refractivity contribution in [2.75, 3.05) is 25.0 Å². The van der Waals surface area contributed by atoms with Gasteiger partial charge in [-0.1, -0.05) is 18.2 Å². The molecule has 1 aliphatic heterocycles. The first-order chi connectivity index (χ1) is 11.2. The number of rotatable bonds is 4. The van der Waals surface area contributed by atoms with Crippen LogP contribution in [-0.4, -0.2) is 36.7 Å². The Hall–Kier alpha value is -2.76. The van der Waals surface area contributed by atoms with Gasteiger partial charge in [0.25, 0.3) is 11.5 Å². The second-order valence-electron chi connectivity index (χ2n) is 5.37. The fraction of sp³-hybridized carbons (Fsp3) is 0.294. The van der Waals surface area contributed by atoms with Gasteiger partial charge in [0.2, 0.25) is 0 Å². The summed E-state index contributed by atoms with van der Waals surface area (Å²) in [5.41, 5.74) is 0.911.